The molecule has 0 radical (unpaired) electrons. The summed E-state index contributed by atoms with van der Waals surface area (Å²) in [4.78, 5) is 12.7. The molecule has 0 aliphatic rings. The summed E-state index contributed by atoms with van der Waals surface area (Å²) in [6.45, 7) is 3.58. The summed E-state index contributed by atoms with van der Waals surface area (Å²) in [6.07, 6.45) is 0. The van der Waals surface area contributed by atoms with Gasteiger partial charge in [-0.1, -0.05) is 23.8 Å². The molecular weight excluding hydrogens is 264 g/mol. The van der Waals surface area contributed by atoms with Gasteiger partial charge in [-0.15, -0.1) is 0 Å². The van der Waals surface area contributed by atoms with Crippen molar-refractivity contribution in [3.63, 3.8) is 0 Å². The van der Waals surface area contributed by atoms with E-state index >= 15 is 0 Å². The van der Waals surface area contributed by atoms with Gasteiger partial charge in [0.25, 0.3) is 0 Å². The molecule has 1 N–H and O–H groups in total. The fraction of sp³-hybridized carbons (Fsp3) is 0.462. The lowest BCUT2D eigenvalue weighted by atomic mass is 10.1. The molecule has 0 spiro atoms. The zero-order valence-electron chi connectivity index (χ0n) is 11.7. The average Bonchev–Trinajstić information content (AvgIpc) is 2.30. The number of aryl methyl sites for hydroxylation is 2. The molecule has 6 heteroatoms. The summed E-state index contributed by atoms with van der Waals surface area (Å²) in [5.74, 6) is -0.383. The highest BCUT2D eigenvalue weighted by Crippen LogP contribution is 2.13. The Morgan fingerprint density at radius 2 is 1.89 bits per heavy atom. The predicted octanol–water partition coefficient (Wildman–Crippen LogP) is 0.811. The summed E-state index contributed by atoms with van der Waals surface area (Å²) in [5.41, 5.74) is 2.69. The van der Waals surface area contributed by atoms with E-state index in [-0.39, 0.29) is 18.2 Å². The monoisotopic (exact) mass is 284 g/mol. The topological polar surface area (TPSA) is 66.5 Å². The van der Waals surface area contributed by atoms with Crippen LogP contribution >= 0.6 is 0 Å². The van der Waals surface area contributed by atoms with Crippen LogP contribution in [0.2, 0.25) is 0 Å². The summed E-state index contributed by atoms with van der Waals surface area (Å²) >= 11 is 0. The van der Waals surface area contributed by atoms with E-state index in [4.69, 9.17) is 0 Å². The Morgan fingerprint density at radius 3 is 2.47 bits per heavy atom. The van der Waals surface area contributed by atoms with Crippen molar-refractivity contribution in [1.29, 1.82) is 0 Å². The smallest absolute Gasteiger partial charge is 0.237 e. The zero-order valence-corrected chi connectivity index (χ0v) is 12.5. The Bertz CT molecular complexity index is 565. The van der Waals surface area contributed by atoms with E-state index in [9.17, 15) is 13.2 Å². The Balaban J connectivity index is 2.74. The van der Waals surface area contributed by atoms with E-state index < -0.39 is 10.0 Å². The van der Waals surface area contributed by atoms with Crippen molar-refractivity contribution in [3.05, 3.63) is 34.9 Å². The van der Waals surface area contributed by atoms with Gasteiger partial charge in [-0.2, -0.15) is 0 Å². The van der Waals surface area contributed by atoms with Gasteiger partial charge in [-0.25, -0.2) is 13.1 Å². The lowest BCUT2D eigenvalue weighted by Crippen LogP contribution is -2.36. The highest BCUT2D eigenvalue weighted by molar-refractivity contribution is 7.88. The summed E-state index contributed by atoms with van der Waals surface area (Å²) in [5, 5.41) is 0. The molecule has 0 saturated carbocycles. The van der Waals surface area contributed by atoms with Gasteiger partial charge in [0.15, 0.2) is 0 Å². The second-order valence-corrected chi connectivity index (χ2v) is 6.61. The summed E-state index contributed by atoms with van der Waals surface area (Å²) in [6, 6.07) is 5.68. The number of hydrogen-bond acceptors (Lipinski definition) is 3. The standard InChI is InChI=1S/C13H20N2O3S/c1-10-5-6-11(2)12(7-10)9-19(17,18)14-8-13(16)15(3)4/h5-7,14H,8-9H2,1-4H3. The lowest BCUT2D eigenvalue weighted by molar-refractivity contribution is -0.127. The first kappa shape index (κ1) is 15.7. The van der Waals surface area contributed by atoms with Crippen LogP contribution < -0.4 is 4.72 Å². The third kappa shape index (κ3) is 5.00. The quantitative estimate of drug-likeness (QED) is 0.870. The summed E-state index contributed by atoms with van der Waals surface area (Å²) < 4.78 is 26.1. The second kappa shape index (κ2) is 6.16. The molecule has 1 aromatic carbocycles. The lowest BCUT2D eigenvalue weighted by Gasteiger charge is -2.12. The number of likely N-dealkylation sites (N-methyl/N-ethyl adjacent to an activating group) is 1. The van der Waals surface area contributed by atoms with E-state index in [1.165, 1.54) is 4.90 Å². The van der Waals surface area contributed by atoms with Crippen LogP contribution in [0.15, 0.2) is 18.2 Å². The molecular formula is C13H20N2O3S. The maximum absolute atomic E-state index is 11.9. The van der Waals surface area contributed by atoms with Crippen molar-refractivity contribution in [1.82, 2.24) is 9.62 Å². The van der Waals surface area contributed by atoms with Crippen molar-refractivity contribution in [3.8, 4) is 0 Å². The van der Waals surface area contributed by atoms with Gasteiger partial charge >= 0.3 is 0 Å². The zero-order chi connectivity index (χ0) is 14.6. The van der Waals surface area contributed by atoms with Gasteiger partial charge in [-0.05, 0) is 25.0 Å². The third-order valence-electron chi connectivity index (χ3n) is 2.79. The first-order chi connectivity index (χ1) is 8.71. The van der Waals surface area contributed by atoms with E-state index in [2.05, 4.69) is 4.72 Å². The molecule has 0 saturated heterocycles. The Labute approximate surface area is 114 Å². The SMILES string of the molecule is Cc1ccc(C)c(CS(=O)(=O)NCC(=O)N(C)C)c1. The van der Waals surface area contributed by atoms with Crippen LogP contribution in [-0.2, 0) is 20.6 Å². The van der Waals surface area contributed by atoms with Gasteiger partial charge in [-0.3, -0.25) is 4.79 Å². The summed E-state index contributed by atoms with van der Waals surface area (Å²) in [7, 11) is -0.331. The first-order valence-corrected chi connectivity index (χ1v) is 7.60. The number of amides is 1. The molecule has 0 bridgehead atoms. The van der Waals surface area contributed by atoms with Crippen molar-refractivity contribution in [2.75, 3.05) is 20.6 Å². The fourth-order valence-corrected chi connectivity index (χ4v) is 2.71. The maximum atomic E-state index is 11.9. The Hall–Kier alpha value is -1.40. The molecule has 0 aliphatic carbocycles. The van der Waals surface area contributed by atoms with Crippen molar-refractivity contribution < 1.29 is 13.2 Å². The maximum Gasteiger partial charge on any atom is 0.237 e. The minimum atomic E-state index is -3.50. The first-order valence-electron chi connectivity index (χ1n) is 5.95. The molecule has 1 aromatic rings. The van der Waals surface area contributed by atoms with Crippen molar-refractivity contribution in [2.24, 2.45) is 0 Å². The van der Waals surface area contributed by atoms with E-state index in [1.807, 2.05) is 32.0 Å². The van der Waals surface area contributed by atoms with Gasteiger partial charge in [0.05, 0.1) is 12.3 Å². The predicted molar refractivity (Wildman–Crippen MR) is 75.2 cm³/mol. The fourth-order valence-electron chi connectivity index (χ4n) is 1.54. The number of nitrogens with zero attached hydrogens (tertiary/aromatic N) is 1. The van der Waals surface area contributed by atoms with Crippen LogP contribution in [0.1, 0.15) is 16.7 Å². The van der Waals surface area contributed by atoms with Gasteiger partial charge in [0.1, 0.15) is 0 Å². The van der Waals surface area contributed by atoms with E-state index in [0.29, 0.717) is 0 Å². The minimum absolute atomic E-state index is 0.110. The Kier molecular flexibility index (Phi) is 5.08. The minimum Gasteiger partial charge on any atom is -0.348 e. The van der Waals surface area contributed by atoms with Gasteiger partial charge < -0.3 is 4.90 Å². The Morgan fingerprint density at radius 1 is 1.26 bits per heavy atom. The highest BCUT2D eigenvalue weighted by atomic mass is 32.2. The molecule has 1 amide bonds. The second-order valence-electron chi connectivity index (χ2n) is 4.80. The number of hydrogen-bond donors (Lipinski definition) is 1. The van der Waals surface area contributed by atoms with Crippen LogP contribution in [-0.4, -0.2) is 39.9 Å². The number of carbonyl (C=O) groups is 1. The third-order valence-corrected chi connectivity index (χ3v) is 4.07. The van der Waals surface area contributed by atoms with Gasteiger partial charge in [0, 0.05) is 14.1 Å². The van der Waals surface area contributed by atoms with Crippen LogP contribution in [0.5, 0.6) is 0 Å². The normalized spacial score (nSPS) is 11.4. The molecule has 106 valence electrons. The number of nitrogens with one attached hydrogen (secondary N) is 1. The molecule has 0 atom stereocenters. The van der Waals surface area contributed by atoms with Crippen LogP contribution in [0.4, 0.5) is 0 Å². The number of carbonyl (C=O) groups excluding carboxylic acids is 1. The molecule has 0 heterocycles. The average molecular weight is 284 g/mol. The van der Waals surface area contributed by atoms with Crippen LogP contribution in [0.3, 0.4) is 0 Å². The van der Waals surface area contributed by atoms with Crippen LogP contribution in [0.25, 0.3) is 0 Å². The molecule has 5 nitrogen and oxygen atoms in total. The molecule has 1 rings (SSSR count). The van der Waals surface area contributed by atoms with E-state index in [0.717, 1.165) is 16.7 Å². The van der Waals surface area contributed by atoms with Gasteiger partial charge in [0.2, 0.25) is 15.9 Å². The van der Waals surface area contributed by atoms with Crippen molar-refractivity contribution >= 4 is 15.9 Å². The molecule has 0 fully saturated rings. The largest absolute Gasteiger partial charge is 0.348 e. The van der Waals surface area contributed by atoms with Crippen molar-refractivity contribution in [2.45, 2.75) is 19.6 Å². The molecule has 19 heavy (non-hydrogen) atoms. The number of rotatable bonds is 5. The molecule has 0 aromatic heterocycles. The molecule has 0 unspecified atom stereocenters. The highest BCUT2D eigenvalue weighted by Gasteiger charge is 2.15. The van der Waals surface area contributed by atoms with Crippen LogP contribution in [0, 0.1) is 13.8 Å². The number of benzene rings is 1. The number of sulfonamides is 1. The molecule has 0 aliphatic heterocycles. The van der Waals surface area contributed by atoms with E-state index in [1.54, 1.807) is 14.1 Å².